The lowest BCUT2D eigenvalue weighted by Crippen LogP contribution is -2.57. The van der Waals surface area contributed by atoms with Crippen LogP contribution in [0.1, 0.15) is 40.0 Å². The maximum absolute atomic E-state index is 3.63. The van der Waals surface area contributed by atoms with Crippen LogP contribution in [0.5, 0.6) is 0 Å². The van der Waals surface area contributed by atoms with E-state index < -0.39 is 0 Å². The van der Waals surface area contributed by atoms with Crippen LogP contribution in [-0.2, 0) is 0 Å². The van der Waals surface area contributed by atoms with Crippen molar-refractivity contribution in [1.29, 1.82) is 0 Å². The van der Waals surface area contributed by atoms with Gasteiger partial charge in [0.1, 0.15) is 0 Å². The van der Waals surface area contributed by atoms with E-state index in [1.54, 1.807) is 0 Å². The molecule has 13 heavy (non-hydrogen) atoms. The van der Waals surface area contributed by atoms with Crippen molar-refractivity contribution in [3.05, 3.63) is 0 Å². The number of rotatable bonds is 6. The lowest BCUT2D eigenvalue weighted by Gasteiger charge is -2.31. The summed E-state index contributed by atoms with van der Waals surface area (Å²) in [4.78, 5) is 0. The maximum Gasteiger partial charge on any atom is 0.0319 e. The summed E-state index contributed by atoms with van der Waals surface area (Å²) in [6.07, 6.45) is 4.07. The lowest BCUT2D eigenvalue weighted by molar-refractivity contribution is 0.322. The molecule has 1 unspecified atom stereocenters. The molecule has 0 bridgehead atoms. The van der Waals surface area contributed by atoms with Crippen molar-refractivity contribution in [2.45, 2.75) is 52.1 Å². The minimum absolute atomic E-state index is 0.700. The summed E-state index contributed by atoms with van der Waals surface area (Å²) in [6, 6.07) is 1.44. The molecule has 0 aromatic rings. The fourth-order valence-corrected chi connectivity index (χ4v) is 1.72. The number of hydrogen-bond donors (Lipinski definition) is 2. The van der Waals surface area contributed by atoms with Gasteiger partial charge in [-0.15, -0.1) is 0 Å². The van der Waals surface area contributed by atoms with Crippen LogP contribution in [-0.4, -0.2) is 25.2 Å². The van der Waals surface area contributed by atoms with Crippen LogP contribution in [0.3, 0.4) is 0 Å². The van der Waals surface area contributed by atoms with Gasteiger partial charge in [0.05, 0.1) is 0 Å². The van der Waals surface area contributed by atoms with Crippen molar-refractivity contribution in [2.24, 2.45) is 5.92 Å². The predicted molar refractivity (Wildman–Crippen MR) is 57.9 cm³/mol. The standard InChI is InChI=1S/C11H24N2/c1-9(2)5-4-6-10(3)13-11-7-12-8-11/h9-13H,4-8H2,1-3H3. The van der Waals surface area contributed by atoms with Crippen LogP contribution in [0.15, 0.2) is 0 Å². The molecule has 2 nitrogen and oxygen atoms in total. The molecule has 1 heterocycles. The third-order valence-electron chi connectivity index (χ3n) is 2.72. The summed E-state index contributed by atoms with van der Waals surface area (Å²) in [5.41, 5.74) is 0. The smallest absolute Gasteiger partial charge is 0.0319 e. The van der Waals surface area contributed by atoms with Gasteiger partial charge in [-0.3, -0.25) is 0 Å². The molecule has 1 fully saturated rings. The van der Waals surface area contributed by atoms with Gasteiger partial charge in [-0.25, -0.2) is 0 Å². The molecule has 2 heteroatoms. The van der Waals surface area contributed by atoms with E-state index in [0.717, 1.165) is 25.0 Å². The summed E-state index contributed by atoms with van der Waals surface area (Å²) >= 11 is 0. The zero-order chi connectivity index (χ0) is 9.68. The molecule has 1 atom stereocenters. The van der Waals surface area contributed by atoms with Gasteiger partial charge in [0, 0.05) is 25.2 Å². The Morgan fingerprint density at radius 1 is 1.23 bits per heavy atom. The second-order valence-electron chi connectivity index (χ2n) is 4.75. The quantitative estimate of drug-likeness (QED) is 0.657. The minimum atomic E-state index is 0.700. The summed E-state index contributed by atoms with van der Waals surface area (Å²) in [5.74, 6) is 0.859. The second kappa shape index (κ2) is 5.61. The third kappa shape index (κ3) is 4.63. The molecule has 1 aliphatic rings. The van der Waals surface area contributed by atoms with E-state index in [9.17, 15) is 0 Å². The summed E-state index contributed by atoms with van der Waals surface area (Å²) in [6.45, 7) is 9.23. The first-order chi connectivity index (χ1) is 6.18. The van der Waals surface area contributed by atoms with Gasteiger partial charge >= 0.3 is 0 Å². The van der Waals surface area contributed by atoms with Crippen LogP contribution >= 0.6 is 0 Å². The molecule has 1 rings (SSSR count). The van der Waals surface area contributed by atoms with Crippen LogP contribution < -0.4 is 10.6 Å². The van der Waals surface area contributed by atoms with E-state index >= 15 is 0 Å². The second-order valence-corrected chi connectivity index (χ2v) is 4.75. The SMILES string of the molecule is CC(C)CCCC(C)NC1CNC1. The van der Waals surface area contributed by atoms with Crippen molar-refractivity contribution < 1.29 is 0 Å². The zero-order valence-electron chi connectivity index (χ0n) is 9.27. The molecule has 0 spiro atoms. The Hall–Kier alpha value is -0.0800. The van der Waals surface area contributed by atoms with E-state index in [0.29, 0.717) is 6.04 Å². The molecule has 2 N–H and O–H groups in total. The Bertz CT molecular complexity index is 130. The highest BCUT2D eigenvalue weighted by molar-refractivity contribution is 4.83. The molecular formula is C11H24N2. The largest absolute Gasteiger partial charge is 0.314 e. The molecule has 1 saturated heterocycles. The van der Waals surface area contributed by atoms with E-state index in [-0.39, 0.29) is 0 Å². The molecular weight excluding hydrogens is 160 g/mol. The monoisotopic (exact) mass is 184 g/mol. The van der Waals surface area contributed by atoms with Crippen molar-refractivity contribution in [3.63, 3.8) is 0 Å². The van der Waals surface area contributed by atoms with Gasteiger partial charge in [-0.1, -0.05) is 26.7 Å². The van der Waals surface area contributed by atoms with Gasteiger partial charge in [0.25, 0.3) is 0 Å². The van der Waals surface area contributed by atoms with Crippen molar-refractivity contribution >= 4 is 0 Å². The van der Waals surface area contributed by atoms with Gasteiger partial charge in [-0.2, -0.15) is 0 Å². The average molecular weight is 184 g/mol. The van der Waals surface area contributed by atoms with Gasteiger partial charge in [0.2, 0.25) is 0 Å². The lowest BCUT2D eigenvalue weighted by atomic mass is 10.0. The van der Waals surface area contributed by atoms with Crippen molar-refractivity contribution in [2.75, 3.05) is 13.1 Å². The Labute approximate surface area is 82.5 Å². The Kier molecular flexibility index (Phi) is 4.74. The van der Waals surface area contributed by atoms with Gasteiger partial charge in [-0.05, 0) is 19.3 Å². The topological polar surface area (TPSA) is 24.1 Å². The molecule has 0 aromatic heterocycles. The Balaban J connectivity index is 1.93. The first-order valence-corrected chi connectivity index (χ1v) is 5.65. The van der Waals surface area contributed by atoms with Crippen LogP contribution in [0.25, 0.3) is 0 Å². The maximum atomic E-state index is 3.63. The van der Waals surface area contributed by atoms with Crippen LogP contribution in [0.2, 0.25) is 0 Å². The highest BCUT2D eigenvalue weighted by atomic mass is 15.1. The molecule has 0 amide bonds. The van der Waals surface area contributed by atoms with Crippen molar-refractivity contribution in [1.82, 2.24) is 10.6 Å². The molecule has 0 aliphatic carbocycles. The fourth-order valence-electron chi connectivity index (χ4n) is 1.72. The van der Waals surface area contributed by atoms with Crippen LogP contribution in [0, 0.1) is 5.92 Å². The predicted octanol–water partition coefficient (Wildman–Crippen LogP) is 1.76. The van der Waals surface area contributed by atoms with Gasteiger partial charge in [0.15, 0.2) is 0 Å². The number of nitrogens with one attached hydrogen (secondary N) is 2. The average Bonchev–Trinajstić information content (AvgIpc) is 1.96. The normalized spacial score (nSPS) is 20.3. The van der Waals surface area contributed by atoms with E-state index in [1.807, 2.05) is 0 Å². The Morgan fingerprint density at radius 2 is 1.92 bits per heavy atom. The fraction of sp³-hybridized carbons (Fsp3) is 1.00. The molecule has 1 aliphatic heterocycles. The molecule has 0 radical (unpaired) electrons. The van der Waals surface area contributed by atoms with E-state index in [1.165, 1.54) is 19.3 Å². The summed E-state index contributed by atoms with van der Waals surface area (Å²) in [7, 11) is 0. The molecule has 78 valence electrons. The zero-order valence-corrected chi connectivity index (χ0v) is 9.27. The first kappa shape index (κ1) is 11.0. The highest BCUT2D eigenvalue weighted by Gasteiger charge is 2.17. The number of hydrogen-bond acceptors (Lipinski definition) is 2. The van der Waals surface area contributed by atoms with E-state index in [2.05, 4.69) is 31.4 Å². The van der Waals surface area contributed by atoms with Crippen molar-refractivity contribution in [3.8, 4) is 0 Å². The first-order valence-electron chi connectivity index (χ1n) is 5.65. The third-order valence-corrected chi connectivity index (χ3v) is 2.72. The Morgan fingerprint density at radius 3 is 2.38 bits per heavy atom. The summed E-state index contributed by atoms with van der Waals surface area (Å²) in [5, 5.41) is 6.91. The summed E-state index contributed by atoms with van der Waals surface area (Å²) < 4.78 is 0. The van der Waals surface area contributed by atoms with Crippen LogP contribution in [0.4, 0.5) is 0 Å². The van der Waals surface area contributed by atoms with E-state index in [4.69, 9.17) is 0 Å². The minimum Gasteiger partial charge on any atom is -0.314 e. The molecule has 0 aromatic carbocycles. The van der Waals surface area contributed by atoms with Gasteiger partial charge < -0.3 is 10.6 Å². The molecule has 0 saturated carbocycles. The highest BCUT2D eigenvalue weighted by Crippen LogP contribution is 2.08.